The van der Waals surface area contributed by atoms with Gasteiger partial charge in [0.15, 0.2) is 0 Å². The lowest BCUT2D eigenvalue weighted by Crippen LogP contribution is -2.29. The zero-order valence-electron chi connectivity index (χ0n) is 7.95. The highest BCUT2D eigenvalue weighted by Crippen LogP contribution is 2.23. The van der Waals surface area contributed by atoms with E-state index in [0.717, 1.165) is 23.2 Å². The van der Waals surface area contributed by atoms with Gasteiger partial charge in [-0.2, -0.15) is 0 Å². The molecule has 1 aromatic rings. The van der Waals surface area contributed by atoms with E-state index in [1.54, 1.807) is 11.3 Å². The maximum Gasteiger partial charge on any atom is 0.208 e. The van der Waals surface area contributed by atoms with Crippen LogP contribution in [0.25, 0.3) is 0 Å². The van der Waals surface area contributed by atoms with Crippen LogP contribution in [0.15, 0.2) is 0 Å². The molecule has 1 aromatic heterocycles. The van der Waals surface area contributed by atoms with Crippen molar-refractivity contribution in [2.45, 2.75) is 19.4 Å². The summed E-state index contributed by atoms with van der Waals surface area (Å²) in [6.45, 7) is 4.15. The van der Waals surface area contributed by atoms with E-state index >= 15 is 0 Å². The molecule has 1 saturated heterocycles. The number of rotatable bonds is 2. The zero-order chi connectivity index (χ0) is 9.26. The van der Waals surface area contributed by atoms with Crippen LogP contribution in [-0.2, 0) is 0 Å². The van der Waals surface area contributed by atoms with Gasteiger partial charge in [0.25, 0.3) is 0 Å². The molecule has 0 aliphatic carbocycles. The number of hydrogen-bond donors (Lipinski definition) is 1. The molecule has 1 atom stereocenters. The Kier molecular flexibility index (Phi) is 2.46. The smallest absolute Gasteiger partial charge is 0.208 e. The Balaban J connectivity index is 2.03. The summed E-state index contributed by atoms with van der Waals surface area (Å²) in [7, 11) is 2.01. The summed E-state index contributed by atoms with van der Waals surface area (Å²) >= 11 is 1.67. The van der Waals surface area contributed by atoms with E-state index in [0.29, 0.717) is 6.04 Å². The number of aromatic nitrogens is 2. The van der Waals surface area contributed by atoms with Gasteiger partial charge in [0.2, 0.25) is 5.13 Å². The lowest BCUT2D eigenvalue weighted by Gasteiger charge is -2.13. The molecule has 0 amide bonds. The Morgan fingerprint density at radius 3 is 2.92 bits per heavy atom. The van der Waals surface area contributed by atoms with Crippen molar-refractivity contribution in [2.75, 3.05) is 25.0 Å². The van der Waals surface area contributed by atoms with Gasteiger partial charge in [0, 0.05) is 19.1 Å². The van der Waals surface area contributed by atoms with E-state index in [1.807, 2.05) is 14.0 Å². The molecule has 0 spiro atoms. The number of likely N-dealkylation sites (N-methyl/N-ethyl adjacent to an activating group) is 1. The minimum absolute atomic E-state index is 0.615. The van der Waals surface area contributed by atoms with Crippen LogP contribution in [0.5, 0.6) is 0 Å². The average Bonchev–Trinajstić information content (AvgIpc) is 2.71. The van der Waals surface area contributed by atoms with E-state index in [4.69, 9.17) is 0 Å². The molecule has 0 bridgehead atoms. The Bertz CT molecular complexity index is 285. The van der Waals surface area contributed by atoms with Crippen LogP contribution in [0.4, 0.5) is 5.13 Å². The Hall–Kier alpha value is -0.680. The van der Waals surface area contributed by atoms with E-state index in [1.165, 1.54) is 6.42 Å². The van der Waals surface area contributed by atoms with Gasteiger partial charge >= 0.3 is 0 Å². The molecular formula is C8H14N4S. The van der Waals surface area contributed by atoms with Crippen LogP contribution < -0.4 is 10.2 Å². The third-order valence-electron chi connectivity index (χ3n) is 2.38. The second-order valence-corrected chi connectivity index (χ2v) is 4.48. The van der Waals surface area contributed by atoms with E-state index < -0.39 is 0 Å². The van der Waals surface area contributed by atoms with Crippen molar-refractivity contribution in [3.8, 4) is 0 Å². The van der Waals surface area contributed by atoms with Crippen molar-refractivity contribution >= 4 is 16.5 Å². The van der Waals surface area contributed by atoms with Crippen molar-refractivity contribution in [3.05, 3.63) is 5.01 Å². The van der Waals surface area contributed by atoms with Crippen LogP contribution >= 0.6 is 11.3 Å². The summed E-state index contributed by atoms with van der Waals surface area (Å²) in [5.74, 6) is 0. The number of nitrogens with zero attached hydrogens (tertiary/aromatic N) is 3. The van der Waals surface area contributed by atoms with Crippen LogP contribution in [0.2, 0.25) is 0 Å². The molecule has 0 saturated carbocycles. The van der Waals surface area contributed by atoms with Gasteiger partial charge in [0.05, 0.1) is 0 Å². The summed E-state index contributed by atoms with van der Waals surface area (Å²) in [4.78, 5) is 2.30. The SMILES string of the molecule is CNC1CCN(c2nnc(C)s2)C1. The first kappa shape index (κ1) is 8.90. The van der Waals surface area contributed by atoms with Crippen molar-refractivity contribution in [2.24, 2.45) is 0 Å². The van der Waals surface area contributed by atoms with Crippen molar-refractivity contribution < 1.29 is 0 Å². The number of hydrogen-bond acceptors (Lipinski definition) is 5. The lowest BCUT2D eigenvalue weighted by molar-refractivity contribution is 0.616. The van der Waals surface area contributed by atoms with Crippen LogP contribution in [0, 0.1) is 6.92 Å². The van der Waals surface area contributed by atoms with Crippen molar-refractivity contribution in [3.63, 3.8) is 0 Å². The molecular weight excluding hydrogens is 184 g/mol. The largest absolute Gasteiger partial charge is 0.345 e. The maximum absolute atomic E-state index is 4.13. The standard InChI is InChI=1S/C8H14N4S/c1-6-10-11-8(13-6)12-4-3-7(5-12)9-2/h7,9H,3-5H2,1-2H3. The fourth-order valence-corrected chi connectivity index (χ4v) is 2.31. The molecule has 72 valence electrons. The number of aryl methyl sites for hydroxylation is 1. The fraction of sp³-hybridized carbons (Fsp3) is 0.750. The zero-order valence-corrected chi connectivity index (χ0v) is 8.77. The Labute approximate surface area is 82.0 Å². The van der Waals surface area contributed by atoms with E-state index in [9.17, 15) is 0 Å². The van der Waals surface area contributed by atoms with Crippen LogP contribution in [0.1, 0.15) is 11.4 Å². The third-order valence-corrected chi connectivity index (χ3v) is 3.28. The second-order valence-electron chi connectivity index (χ2n) is 3.32. The molecule has 1 fully saturated rings. The van der Waals surface area contributed by atoms with Crippen molar-refractivity contribution in [1.29, 1.82) is 0 Å². The average molecular weight is 198 g/mol. The van der Waals surface area contributed by atoms with Gasteiger partial charge in [-0.1, -0.05) is 11.3 Å². The number of nitrogens with one attached hydrogen (secondary N) is 1. The third kappa shape index (κ3) is 1.81. The van der Waals surface area contributed by atoms with Gasteiger partial charge in [-0.05, 0) is 20.4 Å². The molecule has 2 heterocycles. The molecule has 1 unspecified atom stereocenters. The van der Waals surface area contributed by atoms with E-state index in [2.05, 4.69) is 20.4 Å². The first-order chi connectivity index (χ1) is 6.29. The lowest BCUT2D eigenvalue weighted by atomic mass is 10.3. The quantitative estimate of drug-likeness (QED) is 0.757. The first-order valence-electron chi connectivity index (χ1n) is 4.52. The molecule has 1 aliphatic rings. The maximum atomic E-state index is 4.13. The minimum atomic E-state index is 0.615. The molecule has 0 radical (unpaired) electrons. The summed E-state index contributed by atoms with van der Waals surface area (Å²) < 4.78 is 0. The predicted octanol–water partition coefficient (Wildman–Crippen LogP) is 0.645. The molecule has 1 aliphatic heterocycles. The molecule has 13 heavy (non-hydrogen) atoms. The summed E-state index contributed by atoms with van der Waals surface area (Å²) in [6, 6.07) is 0.615. The highest BCUT2D eigenvalue weighted by atomic mass is 32.1. The summed E-state index contributed by atoms with van der Waals surface area (Å²) in [5, 5.41) is 13.5. The normalized spacial score (nSPS) is 22.6. The summed E-state index contributed by atoms with van der Waals surface area (Å²) in [5.41, 5.74) is 0. The van der Waals surface area contributed by atoms with Gasteiger partial charge in [0.1, 0.15) is 5.01 Å². The highest BCUT2D eigenvalue weighted by Gasteiger charge is 2.23. The molecule has 2 rings (SSSR count). The topological polar surface area (TPSA) is 41.0 Å². The molecule has 5 heteroatoms. The summed E-state index contributed by atoms with van der Waals surface area (Å²) in [6.07, 6.45) is 1.20. The Morgan fingerprint density at radius 1 is 1.54 bits per heavy atom. The predicted molar refractivity (Wildman–Crippen MR) is 54.3 cm³/mol. The number of anilines is 1. The van der Waals surface area contributed by atoms with Gasteiger partial charge < -0.3 is 10.2 Å². The highest BCUT2D eigenvalue weighted by molar-refractivity contribution is 7.15. The second kappa shape index (κ2) is 3.59. The van der Waals surface area contributed by atoms with Gasteiger partial charge in [-0.15, -0.1) is 10.2 Å². The molecule has 4 nitrogen and oxygen atoms in total. The van der Waals surface area contributed by atoms with Crippen LogP contribution in [-0.4, -0.2) is 36.4 Å². The Morgan fingerprint density at radius 2 is 2.38 bits per heavy atom. The van der Waals surface area contributed by atoms with Crippen LogP contribution in [0.3, 0.4) is 0 Å². The molecule has 0 aromatic carbocycles. The van der Waals surface area contributed by atoms with Crippen molar-refractivity contribution in [1.82, 2.24) is 15.5 Å². The first-order valence-corrected chi connectivity index (χ1v) is 5.33. The fourth-order valence-electron chi connectivity index (χ4n) is 1.58. The monoisotopic (exact) mass is 198 g/mol. The van der Waals surface area contributed by atoms with E-state index in [-0.39, 0.29) is 0 Å². The minimum Gasteiger partial charge on any atom is -0.345 e. The molecule has 1 N–H and O–H groups in total. The van der Waals surface area contributed by atoms with Gasteiger partial charge in [-0.25, -0.2) is 0 Å². The van der Waals surface area contributed by atoms with Gasteiger partial charge in [-0.3, -0.25) is 0 Å².